The van der Waals surface area contributed by atoms with Crippen molar-refractivity contribution in [1.82, 2.24) is 10.2 Å². The van der Waals surface area contributed by atoms with Gasteiger partial charge < -0.3 is 19.7 Å². The third-order valence-electron chi connectivity index (χ3n) is 5.76. The van der Waals surface area contributed by atoms with E-state index in [9.17, 15) is 18.0 Å². The van der Waals surface area contributed by atoms with Crippen molar-refractivity contribution in [3.05, 3.63) is 52.0 Å². The fourth-order valence-electron chi connectivity index (χ4n) is 3.77. The lowest BCUT2D eigenvalue weighted by Gasteiger charge is -2.33. The molecule has 0 saturated carbocycles. The fourth-order valence-corrected chi connectivity index (χ4v) is 5.08. The zero-order valence-electron chi connectivity index (χ0n) is 22.5. The van der Waals surface area contributed by atoms with Gasteiger partial charge in [0.15, 0.2) is 11.5 Å². The van der Waals surface area contributed by atoms with E-state index in [1.54, 1.807) is 31.2 Å². The number of nitrogens with one attached hydrogen (secondary N) is 1. The van der Waals surface area contributed by atoms with Crippen LogP contribution in [0, 0.1) is 5.92 Å². The van der Waals surface area contributed by atoms with Crippen molar-refractivity contribution in [2.24, 2.45) is 5.92 Å². The number of halogens is 2. The molecule has 12 heteroatoms. The average molecular weight is 589 g/mol. The van der Waals surface area contributed by atoms with E-state index in [2.05, 4.69) is 5.32 Å². The molecule has 0 aliphatic rings. The number of methoxy groups -OCH3 is 2. The van der Waals surface area contributed by atoms with Gasteiger partial charge in [0.1, 0.15) is 12.6 Å². The number of ether oxygens (including phenoxy) is 2. The van der Waals surface area contributed by atoms with Crippen LogP contribution in [0.25, 0.3) is 0 Å². The quantitative estimate of drug-likeness (QED) is 0.373. The average Bonchev–Trinajstić information content (AvgIpc) is 2.85. The Hall–Kier alpha value is -2.69. The molecule has 0 heterocycles. The van der Waals surface area contributed by atoms with E-state index in [-0.39, 0.29) is 24.1 Å². The van der Waals surface area contributed by atoms with E-state index in [0.29, 0.717) is 40.1 Å². The molecule has 0 saturated heterocycles. The van der Waals surface area contributed by atoms with Crippen molar-refractivity contribution in [1.29, 1.82) is 0 Å². The summed E-state index contributed by atoms with van der Waals surface area (Å²) >= 11 is 12.4. The van der Waals surface area contributed by atoms with Crippen LogP contribution in [0.15, 0.2) is 36.4 Å². The Bertz CT molecular complexity index is 1240. The lowest BCUT2D eigenvalue weighted by atomic mass is 10.1. The Balaban J connectivity index is 2.50. The van der Waals surface area contributed by atoms with Gasteiger partial charge in [-0.15, -0.1) is 0 Å². The monoisotopic (exact) mass is 587 g/mol. The Morgan fingerprint density at radius 1 is 1.03 bits per heavy atom. The van der Waals surface area contributed by atoms with Gasteiger partial charge in [-0.05, 0) is 42.2 Å². The van der Waals surface area contributed by atoms with Crippen molar-refractivity contribution in [2.45, 2.75) is 39.8 Å². The highest BCUT2D eigenvalue weighted by Gasteiger charge is 2.32. The lowest BCUT2D eigenvalue weighted by Crippen LogP contribution is -2.52. The van der Waals surface area contributed by atoms with E-state index < -0.39 is 28.5 Å². The highest BCUT2D eigenvalue weighted by atomic mass is 35.5. The van der Waals surface area contributed by atoms with E-state index >= 15 is 0 Å². The van der Waals surface area contributed by atoms with Crippen molar-refractivity contribution < 1.29 is 27.5 Å². The molecule has 0 spiro atoms. The molecule has 1 unspecified atom stereocenters. The van der Waals surface area contributed by atoms with Crippen molar-refractivity contribution in [3.8, 4) is 11.5 Å². The molecule has 0 aliphatic heterocycles. The molecule has 0 bridgehead atoms. The number of carbonyl (C=O) groups excluding carboxylic acids is 2. The highest BCUT2D eigenvalue weighted by Crippen LogP contribution is 2.32. The van der Waals surface area contributed by atoms with Crippen molar-refractivity contribution >= 4 is 50.7 Å². The minimum Gasteiger partial charge on any atom is -0.493 e. The lowest BCUT2D eigenvalue weighted by molar-refractivity contribution is -0.140. The number of amides is 2. The summed E-state index contributed by atoms with van der Waals surface area (Å²) in [4.78, 5) is 28.3. The number of carbonyl (C=O) groups is 2. The number of sulfonamides is 1. The normalized spacial score (nSPS) is 12.1. The summed E-state index contributed by atoms with van der Waals surface area (Å²) in [5, 5.41) is 3.62. The SMILES string of the molecule is CCC(C(=O)NCC(C)C)N(Cc1ccc(Cl)cc1Cl)C(=O)CN(c1ccc(OC)c(OC)c1)S(C)(=O)=O. The Morgan fingerprint density at radius 3 is 2.21 bits per heavy atom. The molecule has 38 heavy (non-hydrogen) atoms. The second-order valence-electron chi connectivity index (χ2n) is 9.13. The second kappa shape index (κ2) is 13.9. The molecule has 2 aromatic rings. The van der Waals surface area contributed by atoms with E-state index in [4.69, 9.17) is 32.7 Å². The van der Waals surface area contributed by atoms with Gasteiger partial charge >= 0.3 is 0 Å². The van der Waals surface area contributed by atoms with Crippen LogP contribution in [-0.4, -0.2) is 64.7 Å². The second-order valence-corrected chi connectivity index (χ2v) is 11.9. The summed E-state index contributed by atoms with van der Waals surface area (Å²) in [7, 11) is -1.02. The van der Waals surface area contributed by atoms with Crippen LogP contribution in [0.2, 0.25) is 10.0 Å². The first-order chi connectivity index (χ1) is 17.8. The molecule has 0 aromatic heterocycles. The molecule has 2 amide bonds. The van der Waals surface area contributed by atoms with E-state index in [0.717, 1.165) is 10.6 Å². The zero-order chi connectivity index (χ0) is 28.6. The molecule has 0 aliphatic carbocycles. The third-order valence-corrected chi connectivity index (χ3v) is 7.49. The first kappa shape index (κ1) is 31.5. The van der Waals surface area contributed by atoms with E-state index in [1.807, 2.05) is 13.8 Å². The van der Waals surface area contributed by atoms with Gasteiger partial charge in [0.25, 0.3) is 0 Å². The molecular formula is C26H35Cl2N3O6S. The Morgan fingerprint density at radius 2 is 1.68 bits per heavy atom. The first-order valence-electron chi connectivity index (χ1n) is 12.0. The topological polar surface area (TPSA) is 105 Å². The largest absolute Gasteiger partial charge is 0.493 e. The summed E-state index contributed by atoms with van der Waals surface area (Å²) < 4.78 is 37.1. The van der Waals surface area contributed by atoms with Crippen LogP contribution in [0.3, 0.4) is 0 Å². The Kier molecular flexibility index (Phi) is 11.5. The first-order valence-corrected chi connectivity index (χ1v) is 14.6. The van der Waals surface area contributed by atoms with Crippen molar-refractivity contribution in [2.75, 3.05) is 37.9 Å². The predicted octanol–water partition coefficient (Wildman–Crippen LogP) is 4.36. The fraction of sp³-hybridized carbons (Fsp3) is 0.462. The number of hydrogen-bond donors (Lipinski definition) is 1. The number of nitrogens with zero attached hydrogens (tertiary/aromatic N) is 2. The minimum absolute atomic E-state index is 0.0218. The zero-order valence-corrected chi connectivity index (χ0v) is 24.8. The molecule has 210 valence electrons. The smallest absolute Gasteiger partial charge is 0.244 e. The van der Waals surface area contributed by atoms with E-state index in [1.165, 1.54) is 31.3 Å². The van der Waals surface area contributed by atoms with Crippen LogP contribution in [-0.2, 0) is 26.2 Å². The van der Waals surface area contributed by atoms with Crippen LogP contribution in [0.4, 0.5) is 5.69 Å². The third kappa shape index (κ3) is 8.41. The van der Waals surface area contributed by atoms with Crippen LogP contribution in [0.5, 0.6) is 11.5 Å². The molecule has 1 N–H and O–H groups in total. The summed E-state index contributed by atoms with van der Waals surface area (Å²) in [6.07, 6.45) is 1.31. The van der Waals surface area contributed by atoms with Crippen LogP contribution < -0.4 is 19.1 Å². The van der Waals surface area contributed by atoms with Gasteiger partial charge in [-0.25, -0.2) is 8.42 Å². The molecule has 0 fully saturated rings. The summed E-state index contributed by atoms with van der Waals surface area (Å²) in [6.45, 7) is 5.57. The molecular weight excluding hydrogens is 553 g/mol. The number of hydrogen-bond acceptors (Lipinski definition) is 6. The van der Waals surface area contributed by atoms with Gasteiger partial charge in [-0.2, -0.15) is 0 Å². The minimum atomic E-state index is -3.91. The summed E-state index contributed by atoms with van der Waals surface area (Å²) in [5.74, 6) is -0.00479. The molecule has 2 rings (SSSR count). The molecule has 2 aromatic carbocycles. The maximum Gasteiger partial charge on any atom is 0.244 e. The number of rotatable bonds is 13. The van der Waals surface area contributed by atoms with Crippen LogP contribution in [0.1, 0.15) is 32.8 Å². The van der Waals surface area contributed by atoms with Gasteiger partial charge in [0.05, 0.1) is 26.2 Å². The molecule has 0 radical (unpaired) electrons. The number of benzene rings is 2. The molecule has 1 atom stereocenters. The maximum atomic E-state index is 13.8. The Labute approximate surface area is 235 Å². The maximum absolute atomic E-state index is 13.8. The van der Waals surface area contributed by atoms with Gasteiger partial charge in [-0.3, -0.25) is 13.9 Å². The predicted molar refractivity (Wildman–Crippen MR) is 151 cm³/mol. The van der Waals surface area contributed by atoms with Gasteiger partial charge in [0, 0.05) is 29.2 Å². The molecule has 9 nitrogen and oxygen atoms in total. The van der Waals surface area contributed by atoms with Gasteiger partial charge in [0.2, 0.25) is 21.8 Å². The van der Waals surface area contributed by atoms with Crippen molar-refractivity contribution in [3.63, 3.8) is 0 Å². The summed E-state index contributed by atoms with van der Waals surface area (Å²) in [6, 6.07) is 8.54. The van der Waals surface area contributed by atoms with Crippen LogP contribution >= 0.6 is 23.2 Å². The van der Waals surface area contributed by atoms with Gasteiger partial charge in [-0.1, -0.05) is 50.0 Å². The standard InChI is InChI=1S/C26H35Cl2N3O6S/c1-7-22(26(33)29-14-17(2)3)30(15-18-8-9-19(27)12-21(18)28)25(32)16-31(38(6,34)35)20-10-11-23(36-4)24(13-20)37-5/h8-13,17,22H,7,14-16H2,1-6H3,(H,29,33). The highest BCUT2D eigenvalue weighted by molar-refractivity contribution is 7.92. The number of anilines is 1. The summed E-state index contributed by atoms with van der Waals surface area (Å²) in [5.41, 5.74) is 0.775.